The molecule has 2 aliphatic carbocycles. The third kappa shape index (κ3) is 4.20. The Kier molecular flexibility index (Phi) is 5.24. The number of nitriles is 1. The minimum absolute atomic E-state index is 0.0471. The zero-order valence-corrected chi connectivity index (χ0v) is 16.0. The first kappa shape index (κ1) is 18.1. The highest BCUT2D eigenvalue weighted by Gasteiger charge is 2.35. The van der Waals surface area contributed by atoms with Gasteiger partial charge in [-0.2, -0.15) is 5.26 Å². The molecular formula is C21H23FN3OS+. The number of fused-ring (bicyclic) bond motifs is 1. The highest BCUT2D eigenvalue weighted by Crippen LogP contribution is 2.37. The molecule has 2 N–H and O–H groups in total. The molecule has 2 aliphatic rings. The van der Waals surface area contributed by atoms with Gasteiger partial charge in [0.2, 0.25) is 0 Å². The molecule has 0 saturated heterocycles. The lowest BCUT2D eigenvalue weighted by molar-refractivity contribution is -0.916. The van der Waals surface area contributed by atoms with Crippen molar-refractivity contribution < 1.29 is 14.1 Å². The van der Waals surface area contributed by atoms with Crippen molar-refractivity contribution in [2.45, 2.75) is 51.1 Å². The van der Waals surface area contributed by atoms with E-state index in [1.807, 2.05) is 0 Å². The molecular weight excluding hydrogens is 361 g/mol. The van der Waals surface area contributed by atoms with Gasteiger partial charge in [0.05, 0.1) is 11.6 Å². The molecule has 0 bridgehead atoms. The molecule has 0 spiro atoms. The van der Waals surface area contributed by atoms with Gasteiger partial charge in [0.1, 0.15) is 23.4 Å². The topological polar surface area (TPSA) is 57.3 Å². The number of nitrogens with zero attached hydrogens (tertiary/aromatic N) is 1. The molecule has 4 nitrogen and oxygen atoms in total. The lowest BCUT2D eigenvalue weighted by Gasteiger charge is -2.18. The quantitative estimate of drug-likeness (QED) is 0.805. The summed E-state index contributed by atoms with van der Waals surface area (Å²) in [4.78, 5) is 15.1. The van der Waals surface area contributed by atoms with Crippen molar-refractivity contribution >= 4 is 22.2 Å². The second-order valence-electron chi connectivity index (χ2n) is 7.49. The number of anilines is 1. The highest BCUT2D eigenvalue weighted by molar-refractivity contribution is 7.16. The largest absolute Gasteiger partial charge is 0.321 e. The molecule has 4 rings (SSSR count). The molecule has 1 fully saturated rings. The zero-order valence-electron chi connectivity index (χ0n) is 15.2. The van der Waals surface area contributed by atoms with Crippen LogP contribution in [0, 0.1) is 17.1 Å². The zero-order chi connectivity index (χ0) is 18.8. The summed E-state index contributed by atoms with van der Waals surface area (Å²) in [5.41, 5.74) is 2.84. The summed E-state index contributed by atoms with van der Waals surface area (Å²) in [6.45, 7) is 1.08. The lowest BCUT2D eigenvalue weighted by atomic mass is 9.96. The summed E-state index contributed by atoms with van der Waals surface area (Å²) in [6.07, 6.45) is 6.47. The van der Waals surface area contributed by atoms with E-state index in [0.717, 1.165) is 49.7 Å². The summed E-state index contributed by atoms with van der Waals surface area (Å²) in [5.74, 6) is -0.288. The van der Waals surface area contributed by atoms with Crippen LogP contribution in [0.15, 0.2) is 24.3 Å². The van der Waals surface area contributed by atoms with Crippen LogP contribution in [0.2, 0.25) is 0 Å². The molecule has 2 aromatic rings. The summed E-state index contributed by atoms with van der Waals surface area (Å²) >= 11 is 1.57. The van der Waals surface area contributed by atoms with E-state index in [0.29, 0.717) is 29.7 Å². The smallest absolute Gasteiger partial charge is 0.280 e. The van der Waals surface area contributed by atoms with Gasteiger partial charge in [0.25, 0.3) is 5.91 Å². The molecule has 140 valence electrons. The van der Waals surface area contributed by atoms with Crippen molar-refractivity contribution in [1.82, 2.24) is 0 Å². The van der Waals surface area contributed by atoms with E-state index in [2.05, 4.69) is 11.4 Å². The van der Waals surface area contributed by atoms with Crippen LogP contribution in [-0.2, 0) is 24.2 Å². The standard InChI is InChI=1S/C21H22FN3OS/c22-15-7-5-14(6-8-15)12-25(16-9-10-16)13-20(26)24-21-18(11-23)17-3-1-2-4-19(17)27-21/h5-8,16H,1-4,9-10,12-13H2,(H,24,26)/p+1. The van der Waals surface area contributed by atoms with Gasteiger partial charge in [0.15, 0.2) is 6.54 Å². The van der Waals surface area contributed by atoms with Crippen LogP contribution in [0.5, 0.6) is 0 Å². The number of aryl methyl sites for hydroxylation is 1. The summed E-state index contributed by atoms with van der Waals surface area (Å²) < 4.78 is 13.1. The molecule has 1 heterocycles. The van der Waals surface area contributed by atoms with Crippen molar-refractivity contribution in [1.29, 1.82) is 5.26 Å². The number of nitrogens with one attached hydrogen (secondary N) is 2. The lowest BCUT2D eigenvalue weighted by Crippen LogP contribution is -3.13. The molecule has 6 heteroatoms. The van der Waals surface area contributed by atoms with Crippen LogP contribution in [-0.4, -0.2) is 18.5 Å². The number of rotatable bonds is 6. The van der Waals surface area contributed by atoms with E-state index in [4.69, 9.17) is 0 Å². The van der Waals surface area contributed by atoms with Crippen LogP contribution < -0.4 is 10.2 Å². The molecule has 1 saturated carbocycles. The Bertz CT molecular complexity index is 880. The first-order chi connectivity index (χ1) is 13.1. The van der Waals surface area contributed by atoms with Gasteiger partial charge in [-0.25, -0.2) is 4.39 Å². The average Bonchev–Trinajstić information content (AvgIpc) is 3.45. The SMILES string of the molecule is N#Cc1c(NC(=O)C[NH+](Cc2ccc(F)cc2)C2CC2)sc2c1CCCC2. The molecule has 1 aromatic carbocycles. The molecule has 1 atom stereocenters. The van der Waals surface area contributed by atoms with Crippen molar-refractivity contribution in [3.8, 4) is 6.07 Å². The fourth-order valence-corrected chi connectivity index (χ4v) is 5.11. The summed E-state index contributed by atoms with van der Waals surface area (Å²) in [7, 11) is 0. The molecule has 1 aromatic heterocycles. The van der Waals surface area contributed by atoms with Gasteiger partial charge in [-0.3, -0.25) is 4.79 Å². The maximum Gasteiger partial charge on any atom is 0.280 e. The maximum atomic E-state index is 13.1. The Balaban J connectivity index is 1.44. The fourth-order valence-electron chi connectivity index (χ4n) is 3.86. The minimum atomic E-state index is -0.241. The van der Waals surface area contributed by atoms with Crippen LogP contribution in [0.4, 0.5) is 9.39 Å². The van der Waals surface area contributed by atoms with Crippen molar-refractivity contribution in [3.63, 3.8) is 0 Å². The first-order valence-corrected chi connectivity index (χ1v) is 10.4. The van der Waals surface area contributed by atoms with Crippen LogP contribution in [0.3, 0.4) is 0 Å². The predicted molar refractivity (Wildman–Crippen MR) is 103 cm³/mol. The fraction of sp³-hybridized carbons (Fsp3) is 0.429. The van der Waals surface area contributed by atoms with Gasteiger partial charge in [-0.15, -0.1) is 11.3 Å². The second kappa shape index (κ2) is 7.79. The average molecular weight is 385 g/mol. The van der Waals surface area contributed by atoms with E-state index in [-0.39, 0.29) is 11.7 Å². The van der Waals surface area contributed by atoms with Gasteiger partial charge < -0.3 is 10.2 Å². The molecule has 0 radical (unpaired) electrons. The van der Waals surface area contributed by atoms with E-state index in [1.54, 1.807) is 23.5 Å². The Hall–Kier alpha value is -2.23. The number of carbonyl (C=O) groups excluding carboxylic acids is 1. The van der Waals surface area contributed by atoms with Crippen molar-refractivity contribution in [3.05, 3.63) is 51.7 Å². The van der Waals surface area contributed by atoms with Crippen LogP contribution >= 0.6 is 11.3 Å². The van der Waals surface area contributed by atoms with E-state index >= 15 is 0 Å². The molecule has 1 unspecified atom stereocenters. The Morgan fingerprint density at radius 2 is 2.00 bits per heavy atom. The predicted octanol–water partition coefficient (Wildman–Crippen LogP) is 2.82. The van der Waals surface area contributed by atoms with E-state index in [9.17, 15) is 14.4 Å². The maximum absolute atomic E-state index is 13.1. The van der Waals surface area contributed by atoms with Gasteiger partial charge >= 0.3 is 0 Å². The second-order valence-corrected chi connectivity index (χ2v) is 8.59. The third-order valence-electron chi connectivity index (χ3n) is 5.42. The Morgan fingerprint density at radius 1 is 1.26 bits per heavy atom. The summed E-state index contributed by atoms with van der Waals surface area (Å²) in [6, 6.07) is 9.30. The Morgan fingerprint density at radius 3 is 2.70 bits per heavy atom. The number of halogens is 1. The van der Waals surface area contributed by atoms with Gasteiger partial charge in [-0.1, -0.05) is 12.1 Å². The normalized spacial score (nSPS) is 17.0. The van der Waals surface area contributed by atoms with Crippen LogP contribution in [0.25, 0.3) is 0 Å². The number of benzene rings is 1. The summed E-state index contributed by atoms with van der Waals surface area (Å²) in [5, 5.41) is 13.3. The van der Waals surface area contributed by atoms with E-state index < -0.39 is 0 Å². The van der Waals surface area contributed by atoms with Gasteiger partial charge in [0, 0.05) is 23.3 Å². The number of hydrogen-bond acceptors (Lipinski definition) is 3. The molecule has 0 aliphatic heterocycles. The highest BCUT2D eigenvalue weighted by atomic mass is 32.1. The van der Waals surface area contributed by atoms with Crippen molar-refractivity contribution in [2.24, 2.45) is 0 Å². The van der Waals surface area contributed by atoms with Gasteiger partial charge in [-0.05, 0) is 43.4 Å². The minimum Gasteiger partial charge on any atom is -0.321 e. The van der Waals surface area contributed by atoms with E-state index in [1.165, 1.54) is 21.9 Å². The third-order valence-corrected chi connectivity index (χ3v) is 6.63. The number of quaternary nitrogens is 1. The number of hydrogen-bond donors (Lipinski definition) is 2. The van der Waals surface area contributed by atoms with Crippen LogP contribution in [0.1, 0.15) is 47.3 Å². The monoisotopic (exact) mass is 384 g/mol. The first-order valence-electron chi connectivity index (χ1n) is 9.57. The number of amides is 1. The van der Waals surface area contributed by atoms with Crippen molar-refractivity contribution in [2.75, 3.05) is 11.9 Å². The Labute approximate surface area is 162 Å². The number of carbonyl (C=O) groups is 1. The molecule has 27 heavy (non-hydrogen) atoms. The molecule has 1 amide bonds. The number of thiophene rings is 1.